The molecule has 2 aromatic carbocycles. The van der Waals surface area contributed by atoms with E-state index < -0.39 is 0 Å². The third-order valence-corrected chi connectivity index (χ3v) is 6.13. The molecule has 1 aliphatic rings. The van der Waals surface area contributed by atoms with Gasteiger partial charge in [-0.1, -0.05) is 18.2 Å². The first kappa shape index (κ1) is 23.7. The number of amides is 2. The Hall–Kier alpha value is -3.50. The van der Waals surface area contributed by atoms with E-state index in [9.17, 15) is 9.59 Å². The van der Waals surface area contributed by atoms with E-state index in [4.69, 9.17) is 0 Å². The van der Waals surface area contributed by atoms with E-state index in [-0.39, 0.29) is 11.8 Å². The van der Waals surface area contributed by atoms with Crippen molar-refractivity contribution >= 4 is 50.9 Å². The van der Waals surface area contributed by atoms with Crippen molar-refractivity contribution in [2.75, 3.05) is 37.8 Å². The Morgan fingerprint density at radius 1 is 1.09 bits per heavy atom. The summed E-state index contributed by atoms with van der Waals surface area (Å²) in [6.45, 7) is 1.64. The number of fused-ring (bicyclic) bond motifs is 1. The minimum Gasteiger partial charge on any atom is -0.355 e. The minimum absolute atomic E-state index is 0.0931. The molecule has 0 saturated heterocycles. The fourth-order valence-electron chi connectivity index (χ4n) is 3.81. The highest BCUT2D eigenvalue weighted by atomic mass is 79.9. The van der Waals surface area contributed by atoms with Gasteiger partial charge < -0.3 is 26.2 Å². The van der Waals surface area contributed by atoms with Crippen LogP contribution < -0.4 is 21.3 Å². The van der Waals surface area contributed by atoms with Crippen LogP contribution in [0.2, 0.25) is 0 Å². The predicted octanol–water partition coefficient (Wildman–Crippen LogP) is 3.19. The number of anilines is 4. The Labute approximate surface area is 206 Å². The van der Waals surface area contributed by atoms with Crippen LogP contribution in [0.5, 0.6) is 0 Å². The van der Waals surface area contributed by atoms with Crippen molar-refractivity contribution in [2.24, 2.45) is 0 Å². The van der Waals surface area contributed by atoms with Crippen LogP contribution in [0, 0.1) is 0 Å². The predicted molar refractivity (Wildman–Crippen MR) is 136 cm³/mol. The van der Waals surface area contributed by atoms with Crippen molar-refractivity contribution in [1.82, 2.24) is 25.5 Å². The molecule has 10 heteroatoms. The monoisotopic (exact) mass is 523 g/mol. The van der Waals surface area contributed by atoms with Crippen LogP contribution in [0.15, 0.2) is 53.1 Å². The Morgan fingerprint density at radius 3 is 2.71 bits per heavy atom. The number of nitrogens with zero attached hydrogens (tertiary/aromatic N) is 3. The average Bonchev–Trinajstić information content (AvgIpc) is 2.85. The topological polar surface area (TPSA) is 111 Å². The number of hydrogen-bond acceptors (Lipinski definition) is 7. The summed E-state index contributed by atoms with van der Waals surface area (Å²) in [7, 11) is 3.37. The number of hydrogen-bond donors (Lipinski definition) is 4. The first-order valence-electron chi connectivity index (χ1n) is 10.9. The zero-order chi connectivity index (χ0) is 24.1. The van der Waals surface area contributed by atoms with Crippen molar-refractivity contribution < 1.29 is 9.59 Å². The summed E-state index contributed by atoms with van der Waals surface area (Å²) in [6.07, 6.45) is 2.48. The summed E-state index contributed by atoms with van der Waals surface area (Å²) in [4.78, 5) is 35.3. The first-order chi connectivity index (χ1) is 16.5. The van der Waals surface area contributed by atoms with E-state index in [1.54, 1.807) is 32.4 Å². The molecule has 0 fully saturated rings. The van der Waals surface area contributed by atoms with Gasteiger partial charge in [-0.25, -0.2) is 4.98 Å². The number of benzene rings is 2. The van der Waals surface area contributed by atoms with Crippen LogP contribution in [0.3, 0.4) is 0 Å². The second-order valence-corrected chi connectivity index (χ2v) is 8.70. The standard InChI is InChI=1S/C24H26BrN7O2/c1-26-13-21(33)32-10-9-15-7-8-17(11-16(15)14-32)29-24-28-12-19(25)22(31-24)30-20-6-4-3-5-18(20)23(34)27-2/h3-8,11-12,26H,9-10,13-14H2,1-2H3,(H,27,34)(H2,28,29,30,31). The van der Waals surface area contributed by atoms with Gasteiger partial charge >= 0.3 is 0 Å². The van der Waals surface area contributed by atoms with Gasteiger partial charge in [-0.05, 0) is 64.8 Å². The lowest BCUT2D eigenvalue weighted by molar-refractivity contribution is -0.131. The van der Waals surface area contributed by atoms with Crippen LogP contribution in [-0.2, 0) is 17.8 Å². The summed E-state index contributed by atoms with van der Waals surface area (Å²) >= 11 is 3.48. The Kier molecular flexibility index (Phi) is 7.39. The second-order valence-electron chi connectivity index (χ2n) is 7.84. The minimum atomic E-state index is -0.192. The molecule has 9 nitrogen and oxygen atoms in total. The maximum Gasteiger partial charge on any atom is 0.253 e. The van der Waals surface area contributed by atoms with Crippen LogP contribution >= 0.6 is 15.9 Å². The highest BCUT2D eigenvalue weighted by Gasteiger charge is 2.20. The lowest BCUT2D eigenvalue weighted by Crippen LogP contribution is -2.40. The SMILES string of the molecule is CNCC(=O)N1CCc2ccc(Nc3ncc(Br)c(Nc4ccccc4C(=O)NC)n3)cc2C1. The van der Waals surface area contributed by atoms with Gasteiger partial charge in [-0.2, -0.15) is 4.98 Å². The Bertz CT molecular complexity index is 1220. The number of aromatic nitrogens is 2. The zero-order valence-corrected chi connectivity index (χ0v) is 20.6. The van der Waals surface area contributed by atoms with Gasteiger partial charge in [-0.3, -0.25) is 9.59 Å². The number of halogens is 1. The lowest BCUT2D eigenvalue weighted by atomic mass is 9.99. The largest absolute Gasteiger partial charge is 0.355 e. The van der Waals surface area contributed by atoms with Crippen molar-refractivity contribution in [2.45, 2.75) is 13.0 Å². The van der Waals surface area contributed by atoms with Gasteiger partial charge in [-0.15, -0.1) is 0 Å². The molecule has 3 aromatic rings. The van der Waals surface area contributed by atoms with Crippen LogP contribution in [0.4, 0.5) is 23.1 Å². The van der Waals surface area contributed by atoms with Gasteiger partial charge in [0, 0.05) is 32.0 Å². The maximum atomic E-state index is 12.3. The highest BCUT2D eigenvalue weighted by molar-refractivity contribution is 9.10. The summed E-state index contributed by atoms with van der Waals surface area (Å²) in [5, 5.41) is 12.0. The molecule has 1 aromatic heterocycles. The molecule has 0 bridgehead atoms. The molecular formula is C24H26BrN7O2. The number of nitrogens with one attached hydrogen (secondary N) is 4. The second kappa shape index (κ2) is 10.6. The molecule has 1 aliphatic heterocycles. The molecule has 34 heavy (non-hydrogen) atoms. The lowest BCUT2D eigenvalue weighted by Gasteiger charge is -2.29. The molecule has 0 spiro atoms. The zero-order valence-electron chi connectivity index (χ0n) is 19.0. The fraction of sp³-hybridized carbons (Fsp3) is 0.250. The normalized spacial score (nSPS) is 12.6. The molecule has 4 N–H and O–H groups in total. The average molecular weight is 524 g/mol. The van der Waals surface area contributed by atoms with Crippen molar-refractivity contribution in [3.8, 4) is 0 Å². The van der Waals surface area contributed by atoms with E-state index in [2.05, 4.69) is 53.2 Å². The molecule has 4 rings (SSSR count). The number of carbonyl (C=O) groups excluding carboxylic acids is 2. The molecule has 0 saturated carbocycles. The summed E-state index contributed by atoms with van der Waals surface area (Å²) < 4.78 is 0.661. The summed E-state index contributed by atoms with van der Waals surface area (Å²) in [6, 6.07) is 13.3. The molecule has 0 aliphatic carbocycles. The molecule has 0 unspecified atom stereocenters. The van der Waals surface area contributed by atoms with E-state index in [1.807, 2.05) is 29.2 Å². The van der Waals surface area contributed by atoms with E-state index in [0.29, 0.717) is 40.6 Å². The van der Waals surface area contributed by atoms with Crippen molar-refractivity contribution in [1.29, 1.82) is 0 Å². The molecular weight excluding hydrogens is 498 g/mol. The van der Waals surface area contributed by atoms with Gasteiger partial charge in [0.05, 0.1) is 22.3 Å². The maximum absolute atomic E-state index is 12.3. The van der Waals surface area contributed by atoms with Gasteiger partial charge in [0.1, 0.15) is 5.82 Å². The van der Waals surface area contributed by atoms with Gasteiger partial charge in [0.2, 0.25) is 11.9 Å². The Morgan fingerprint density at radius 2 is 1.91 bits per heavy atom. The molecule has 0 radical (unpaired) electrons. The van der Waals surface area contributed by atoms with E-state index in [0.717, 1.165) is 24.2 Å². The molecule has 0 atom stereocenters. The molecule has 176 valence electrons. The molecule has 2 heterocycles. The summed E-state index contributed by atoms with van der Waals surface area (Å²) in [5.74, 6) is 0.830. The van der Waals surface area contributed by atoms with E-state index >= 15 is 0 Å². The van der Waals surface area contributed by atoms with Crippen LogP contribution in [0.1, 0.15) is 21.5 Å². The van der Waals surface area contributed by atoms with Crippen LogP contribution in [-0.4, -0.2) is 53.9 Å². The Balaban J connectivity index is 1.53. The number of para-hydroxylation sites is 1. The first-order valence-corrected chi connectivity index (χ1v) is 11.7. The highest BCUT2D eigenvalue weighted by Crippen LogP contribution is 2.28. The third kappa shape index (κ3) is 5.35. The van der Waals surface area contributed by atoms with Crippen LogP contribution in [0.25, 0.3) is 0 Å². The van der Waals surface area contributed by atoms with Gasteiger partial charge in [0.25, 0.3) is 5.91 Å². The number of likely N-dealkylation sites (N-methyl/N-ethyl adjacent to an activating group) is 1. The fourth-order valence-corrected chi connectivity index (χ4v) is 4.10. The molecule has 2 amide bonds. The quantitative estimate of drug-likeness (QED) is 0.376. The third-order valence-electron chi connectivity index (χ3n) is 5.55. The van der Waals surface area contributed by atoms with Gasteiger partial charge in [0.15, 0.2) is 0 Å². The van der Waals surface area contributed by atoms with Crippen molar-refractivity contribution in [3.63, 3.8) is 0 Å². The smallest absolute Gasteiger partial charge is 0.253 e. The summed E-state index contributed by atoms with van der Waals surface area (Å²) in [5.41, 5.74) is 4.32. The number of rotatable bonds is 7. The van der Waals surface area contributed by atoms with E-state index in [1.165, 1.54) is 5.56 Å². The van der Waals surface area contributed by atoms with Crippen molar-refractivity contribution in [3.05, 3.63) is 69.8 Å². The number of carbonyl (C=O) groups is 2.